The zero-order valence-corrected chi connectivity index (χ0v) is 29.0. The lowest BCUT2D eigenvalue weighted by molar-refractivity contribution is -0.139. The largest absolute Gasteiger partial charge is 0.377 e. The van der Waals surface area contributed by atoms with Gasteiger partial charge in [0, 0.05) is 64.1 Å². The Balaban J connectivity index is 1.32. The molecule has 9 nitrogen and oxygen atoms in total. The number of rotatable bonds is 12. The second-order valence-electron chi connectivity index (χ2n) is 14.4. The van der Waals surface area contributed by atoms with Crippen LogP contribution in [0.3, 0.4) is 0 Å². The van der Waals surface area contributed by atoms with Crippen molar-refractivity contribution in [1.82, 2.24) is 18.8 Å². The third-order valence-corrected chi connectivity index (χ3v) is 12.3. The predicted octanol–water partition coefficient (Wildman–Crippen LogP) is 4.29. The minimum absolute atomic E-state index is 0.158. The standard InChI is InChI=1S/C35H53N5O4S/c1-25-19-26(2)21-29(20-25)32-30(28(23-40(32)36)9-11-34(4,5)33(41)37(6)31-22-27(31)3)10-15-38-16-12-35(44-7,13-17-38)24-39-14-8-18-45(39,42)43/h19-21,23,31H,3,8-18,22,24,36H2,1-2,4-7H3. The maximum absolute atomic E-state index is 13.4. The first-order valence-corrected chi connectivity index (χ1v) is 18.0. The van der Waals surface area contributed by atoms with Gasteiger partial charge in [-0.1, -0.05) is 43.2 Å². The number of likely N-dealkylation sites (N-methyl/N-ethyl adjacent to an activating group) is 1. The number of nitrogens with zero attached hydrogens (tertiary/aromatic N) is 4. The monoisotopic (exact) mass is 639 g/mol. The molecule has 10 heteroatoms. The number of methoxy groups -OCH3 is 1. The minimum Gasteiger partial charge on any atom is -0.377 e. The van der Waals surface area contributed by atoms with Crippen molar-refractivity contribution in [2.45, 2.75) is 84.3 Å². The van der Waals surface area contributed by atoms with Crippen LogP contribution in [0.1, 0.15) is 68.2 Å². The van der Waals surface area contributed by atoms with Gasteiger partial charge in [-0.25, -0.2) is 8.42 Å². The molecule has 45 heavy (non-hydrogen) atoms. The van der Waals surface area contributed by atoms with Gasteiger partial charge in [-0.2, -0.15) is 4.31 Å². The van der Waals surface area contributed by atoms with Crippen LogP contribution < -0.4 is 5.84 Å². The molecule has 0 spiro atoms. The number of hydrogen-bond donors (Lipinski definition) is 1. The molecule has 2 saturated heterocycles. The average Bonchev–Trinajstić information content (AvgIpc) is 3.50. The van der Waals surface area contributed by atoms with Crippen LogP contribution in [0.25, 0.3) is 11.3 Å². The molecule has 0 bridgehead atoms. The molecule has 5 rings (SSSR count). The van der Waals surface area contributed by atoms with E-state index >= 15 is 0 Å². The normalized spacial score (nSPS) is 21.7. The lowest BCUT2D eigenvalue weighted by atomic mass is 9.84. The fraction of sp³-hybridized carbons (Fsp3) is 0.629. The summed E-state index contributed by atoms with van der Waals surface area (Å²) in [5.41, 5.74) is 7.15. The Hall–Kier alpha value is -2.66. The molecule has 1 saturated carbocycles. The summed E-state index contributed by atoms with van der Waals surface area (Å²) in [5.74, 6) is 7.09. The zero-order chi connectivity index (χ0) is 32.7. The number of benzene rings is 1. The SMILES string of the molecule is C=C1CC1N(C)C(=O)C(C)(C)CCc1cn(N)c(-c2cc(C)cc(C)c2)c1CCN1CCC(CN2CCCS2(=O)=O)(OC)CC1. The zero-order valence-electron chi connectivity index (χ0n) is 28.2. The van der Waals surface area contributed by atoms with Crippen LogP contribution in [0.4, 0.5) is 0 Å². The van der Waals surface area contributed by atoms with Crippen molar-refractivity contribution in [2.24, 2.45) is 5.41 Å². The van der Waals surface area contributed by atoms with E-state index in [0.29, 0.717) is 19.5 Å². The summed E-state index contributed by atoms with van der Waals surface area (Å²) in [6.07, 6.45) is 7.54. The summed E-state index contributed by atoms with van der Waals surface area (Å²) < 4.78 is 34.4. The molecule has 1 amide bonds. The number of carbonyl (C=O) groups is 1. The fourth-order valence-corrected chi connectivity index (χ4v) is 8.98. The number of hydrogen-bond acceptors (Lipinski definition) is 6. The highest BCUT2D eigenvalue weighted by molar-refractivity contribution is 7.89. The highest BCUT2D eigenvalue weighted by Gasteiger charge is 2.42. The first-order chi connectivity index (χ1) is 21.1. The lowest BCUT2D eigenvalue weighted by Crippen LogP contribution is -2.52. The van der Waals surface area contributed by atoms with E-state index in [1.54, 1.807) is 16.1 Å². The number of aromatic nitrogens is 1. The molecule has 2 N–H and O–H groups in total. The number of amides is 1. The van der Waals surface area contributed by atoms with E-state index in [9.17, 15) is 13.2 Å². The first-order valence-electron chi connectivity index (χ1n) is 16.4. The minimum atomic E-state index is -3.17. The van der Waals surface area contributed by atoms with Crippen LogP contribution in [0.2, 0.25) is 0 Å². The third-order valence-electron chi connectivity index (χ3n) is 10.4. The van der Waals surface area contributed by atoms with Crippen LogP contribution in [-0.4, -0.2) is 97.4 Å². The molecular weight excluding hydrogens is 586 g/mol. The Morgan fingerprint density at radius 3 is 2.33 bits per heavy atom. The molecule has 0 radical (unpaired) electrons. The van der Waals surface area contributed by atoms with Gasteiger partial charge in [0.2, 0.25) is 15.9 Å². The second kappa shape index (κ2) is 12.9. The molecule has 2 aliphatic heterocycles. The predicted molar refractivity (Wildman–Crippen MR) is 181 cm³/mol. The summed E-state index contributed by atoms with van der Waals surface area (Å²) in [6.45, 7) is 16.0. The lowest BCUT2D eigenvalue weighted by Gasteiger charge is -2.42. The van der Waals surface area contributed by atoms with Gasteiger partial charge in [-0.05, 0) is 82.1 Å². The molecule has 3 aliphatic rings. The number of nitrogens with two attached hydrogens (primary N) is 1. The van der Waals surface area contributed by atoms with Crippen molar-refractivity contribution in [3.05, 3.63) is 58.8 Å². The molecule has 1 aromatic heterocycles. The van der Waals surface area contributed by atoms with Crippen molar-refractivity contribution in [2.75, 3.05) is 58.5 Å². The molecule has 1 atom stereocenters. The van der Waals surface area contributed by atoms with E-state index in [-0.39, 0.29) is 17.7 Å². The number of ether oxygens (including phenoxy) is 1. The van der Waals surface area contributed by atoms with Crippen molar-refractivity contribution in [3.8, 4) is 11.3 Å². The number of sulfonamides is 1. The maximum atomic E-state index is 13.4. The molecule has 1 unspecified atom stereocenters. The van der Waals surface area contributed by atoms with Crippen LogP contribution in [0, 0.1) is 19.3 Å². The van der Waals surface area contributed by atoms with Crippen molar-refractivity contribution in [3.63, 3.8) is 0 Å². The van der Waals surface area contributed by atoms with Crippen LogP contribution in [0.5, 0.6) is 0 Å². The van der Waals surface area contributed by atoms with Crippen molar-refractivity contribution < 1.29 is 17.9 Å². The van der Waals surface area contributed by atoms with Gasteiger partial charge >= 0.3 is 0 Å². The van der Waals surface area contributed by atoms with Crippen LogP contribution in [0.15, 0.2) is 36.5 Å². The van der Waals surface area contributed by atoms with Crippen LogP contribution in [-0.2, 0) is 32.4 Å². The number of carbonyl (C=O) groups excluding carboxylic acids is 1. The first kappa shape index (κ1) is 33.7. The quantitative estimate of drug-likeness (QED) is 0.275. The Labute approximate surface area is 270 Å². The van der Waals surface area contributed by atoms with E-state index in [1.165, 1.54) is 22.3 Å². The average molecular weight is 640 g/mol. The number of likely N-dealkylation sites (tertiary alicyclic amines) is 1. The van der Waals surface area contributed by atoms with Gasteiger partial charge in [0.05, 0.1) is 23.1 Å². The highest BCUT2D eigenvalue weighted by atomic mass is 32.2. The van der Waals surface area contributed by atoms with Crippen molar-refractivity contribution >= 4 is 15.9 Å². The van der Waals surface area contributed by atoms with Gasteiger partial charge < -0.3 is 20.4 Å². The topological polar surface area (TPSA) is 101 Å². The van der Waals surface area contributed by atoms with E-state index in [1.807, 2.05) is 25.8 Å². The molecule has 248 valence electrons. The van der Waals surface area contributed by atoms with E-state index < -0.39 is 21.0 Å². The second-order valence-corrected chi connectivity index (χ2v) is 16.5. The van der Waals surface area contributed by atoms with Gasteiger partial charge in [0.15, 0.2) is 0 Å². The Kier molecular flexibility index (Phi) is 9.63. The molecule has 1 aliphatic carbocycles. The summed E-state index contributed by atoms with van der Waals surface area (Å²) in [6, 6.07) is 6.75. The maximum Gasteiger partial charge on any atom is 0.228 e. The molecule has 3 fully saturated rings. The Morgan fingerprint density at radius 2 is 1.78 bits per heavy atom. The molecular formula is C35H53N5O4S. The molecule has 2 aromatic rings. The summed E-state index contributed by atoms with van der Waals surface area (Å²) >= 11 is 0. The number of aryl methyl sites for hydroxylation is 3. The summed E-state index contributed by atoms with van der Waals surface area (Å²) in [7, 11) is 0.448. The van der Waals surface area contributed by atoms with Gasteiger partial charge in [0.1, 0.15) is 0 Å². The number of piperidine rings is 1. The van der Waals surface area contributed by atoms with Gasteiger partial charge in [-0.15, -0.1) is 0 Å². The van der Waals surface area contributed by atoms with Crippen molar-refractivity contribution in [1.29, 1.82) is 0 Å². The Morgan fingerprint density at radius 1 is 1.13 bits per heavy atom. The highest BCUT2D eigenvalue weighted by Crippen LogP contribution is 2.37. The van der Waals surface area contributed by atoms with E-state index in [2.05, 4.69) is 49.7 Å². The third kappa shape index (κ3) is 7.34. The summed E-state index contributed by atoms with van der Waals surface area (Å²) in [5, 5.41) is 0. The number of nitrogen functional groups attached to an aromatic ring is 1. The van der Waals surface area contributed by atoms with Crippen LogP contribution >= 0.6 is 0 Å². The summed E-state index contributed by atoms with van der Waals surface area (Å²) in [4.78, 5) is 17.8. The smallest absolute Gasteiger partial charge is 0.228 e. The van der Waals surface area contributed by atoms with E-state index in [0.717, 1.165) is 75.0 Å². The molecule has 1 aromatic carbocycles. The Bertz CT molecular complexity index is 1520. The fourth-order valence-electron chi connectivity index (χ4n) is 7.39. The van der Waals surface area contributed by atoms with Gasteiger partial charge in [-0.3, -0.25) is 9.47 Å². The molecule has 3 heterocycles. The van der Waals surface area contributed by atoms with E-state index in [4.69, 9.17) is 10.6 Å². The van der Waals surface area contributed by atoms with Gasteiger partial charge in [0.25, 0.3) is 0 Å².